The van der Waals surface area contributed by atoms with E-state index in [2.05, 4.69) is 16.9 Å². The van der Waals surface area contributed by atoms with Crippen LogP contribution >= 0.6 is 11.3 Å². The normalized spacial score (nSPS) is 26.4. The molecule has 3 atom stereocenters. The fourth-order valence-corrected chi connectivity index (χ4v) is 3.36. The fraction of sp³-hybridized carbons (Fsp3) is 0.583. The van der Waals surface area contributed by atoms with Gasteiger partial charge in [-0.2, -0.15) is 4.98 Å². The van der Waals surface area contributed by atoms with Crippen LogP contribution in [-0.2, 0) is 4.74 Å². The lowest BCUT2D eigenvalue weighted by atomic mass is 10.1. The largest absolute Gasteiger partial charge is 0.388 e. The molecule has 108 valence electrons. The lowest BCUT2D eigenvalue weighted by Crippen LogP contribution is -2.27. The first-order valence-electron chi connectivity index (χ1n) is 6.57. The minimum absolute atomic E-state index is 0.0268. The number of hydrogen-bond donors (Lipinski definition) is 2. The van der Waals surface area contributed by atoms with Crippen molar-refractivity contribution in [3.05, 3.63) is 15.9 Å². The van der Waals surface area contributed by atoms with Crippen molar-refractivity contribution in [2.45, 2.75) is 44.6 Å². The molecule has 7 nitrogen and oxygen atoms in total. The summed E-state index contributed by atoms with van der Waals surface area (Å²) in [7, 11) is 0. The molecule has 2 aromatic rings. The second-order valence-corrected chi connectivity index (χ2v) is 5.89. The molecular formula is C12H16N4O3S. The fourth-order valence-electron chi connectivity index (χ4n) is 2.54. The quantitative estimate of drug-likeness (QED) is 0.871. The number of aliphatic hydroxyl groups is 1. The third kappa shape index (κ3) is 2.19. The van der Waals surface area contributed by atoms with Crippen LogP contribution in [0.5, 0.6) is 0 Å². The summed E-state index contributed by atoms with van der Waals surface area (Å²) in [5, 5.41) is 10.2. The molecule has 3 rings (SSSR count). The molecule has 0 bridgehead atoms. The molecule has 0 aromatic carbocycles. The van der Waals surface area contributed by atoms with Gasteiger partial charge in [-0.1, -0.05) is 24.7 Å². The summed E-state index contributed by atoms with van der Waals surface area (Å²) in [6, 6.07) is 0. The topological polar surface area (TPSA) is 103 Å². The summed E-state index contributed by atoms with van der Waals surface area (Å²) >= 11 is 1.03. The van der Waals surface area contributed by atoms with E-state index in [-0.39, 0.29) is 16.9 Å². The SMILES string of the molecule is CCC[C@H]1C[C@@H](O)[C@H](n2c(=O)sc3cnc(N)nc32)O1. The minimum atomic E-state index is -0.710. The zero-order valence-electron chi connectivity index (χ0n) is 11.0. The lowest BCUT2D eigenvalue weighted by Gasteiger charge is -2.16. The Labute approximate surface area is 119 Å². The highest BCUT2D eigenvalue weighted by atomic mass is 32.1. The summed E-state index contributed by atoms with van der Waals surface area (Å²) in [5.41, 5.74) is 6.00. The van der Waals surface area contributed by atoms with Crippen LogP contribution in [0.4, 0.5) is 5.95 Å². The zero-order chi connectivity index (χ0) is 14.3. The Kier molecular flexibility index (Phi) is 3.45. The van der Waals surface area contributed by atoms with Crippen LogP contribution in [0.2, 0.25) is 0 Å². The van der Waals surface area contributed by atoms with E-state index in [1.165, 1.54) is 10.8 Å². The van der Waals surface area contributed by atoms with Crippen molar-refractivity contribution in [2.24, 2.45) is 0 Å². The number of aromatic nitrogens is 3. The van der Waals surface area contributed by atoms with Crippen LogP contribution in [0.3, 0.4) is 0 Å². The predicted molar refractivity (Wildman–Crippen MR) is 75.5 cm³/mol. The van der Waals surface area contributed by atoms with Gasteiger partial charge in [0.1, 0.15) is 6.10 Å². The molecule has 0 radical (unpaired) electrons. The zero-order valence-corrected chi connectivity index (χ0v) is 11.8. The maximum atomic E-state index is 12.1. The first kappa shape index (κ1) is 13.5. The Morgan fingerprint density at radius 3 is 3.20 bits per heavy atom. The third-order valence-electron chi connectivity index (χ3n) is 3.41. The molecule has 1 aliphatic heterocycles. The Bertz CT molecular complexity index is 683. The van der Waals surface area contributed by atoms with Crippen molar-refractivity contribution in [3.63, 3.8) is 0 Å². The predicted octanol–water partition coefficient (Wildman–Crippen LogP) is 0.884. The van der Waals surface area contributed by atoms with Crippen molar-refractivity contribution in [2.75, 3.05) is 5.73 Å². The average Bonchev–Trinajstić information content (AvgIpc) is 2.89. The lowest BCUT2D eigenvalue weighted by molar-refractivity contribution is -0.0378. The molecule has 1 saturated heterocycles. The maximum absolute atomic E-state index is 12.1. The second kappa shape index (κ2) is 5.12. The molecule has 0 spiro atoms. The van der Waals surface area contributed by atoms with Crippen LogP contribution < -0.4 is 10.6 Å². The molecule has 0 unspecified atom stereocenters. The standard InChI is InChI=1S/C12H16N4O3S/c1-2-3-6-4-7(17)10(19-6)16-9-8(20-12(16)18)5-14-11(13)15-9/h5-7,10,17H,2-4H2,1H3,(H2,13,14,15)/t6-,7+,10+/m0/s1. The van der Waals surface area contributed by atoms with E-state index in [1.54, 1.807) is 0 Å². The van der Waals surface area contributed by atoms with Gasteiger partial charge in [-0.25, -0.2) is 4.98 Å². The summed E-state index contributed by atoms with van der Waals surface area (Å²) in [6.07, 6.45) is 2.45. The first-order valence-corrected chi connectivity index (χ1v) is 7.39. The summed E-state index contributed by atoms with van der Waals surface area (Å²) in [5.74, 6) is 0.0987. The summed E-state index contributed by atoms with van der Waals surface area (Å²) in [4.78, 5) is 19.9. The van der Waals surface area contributed by atoms with Gasteiger partial charge in [-0.3, -0.25) is 9.36 Å². The van der Waals surface area contributed by atoms with Gasteiger partial charge < -0.3 is 15.6 Å². The highest BCUT2D eigenvalue weighted by Crippen LogP contribution is 2.32. The number of fused-ring (bicyclic) bond motifs is 1. The van der Waals surface area contributed by atoms with Crippen LogP contribution in [-0.4, -0.2) is 31.8 Å². The molecule has 3 heterocycles. The molecule has 1 fully saturated rings. The number of nitrogens with two attached hydrogens (primary N) is 1. The second-order valence-electron chi connectivity index (χ2n) is 4.89. The first-order chi connectivity index (χ1) is 9.60. The smallest absolute Gasteiger partial charge is 0.311 e. The molecule has 8 heteroatoms. The van der Waals surface area contributed by atoms with E-state index >= 15 is 0 Å². The van der Waals surface area contributed by atoms with Gasteiger partial charge >= 0.3 is 4.87 Å². The van der Waals surface area contributed by atoms with Gasteiger partial charge in [0.15, 0.2) is 11.9 Å². The molecule has 0 amide bonds. The van der Waals surface area contributed by atoms with E-state index in [9.17, 15) is 9.90 Å². The van der Waals surface area contributed by atoms with E-state index in [4.69, 9.17) is 10.5 Å². The maximum Gasteiger partial charge on any atom is 0.311 e. The van der Waals surface area contributed by atoms with Crippen molar-refractivity contribution in [1.29, 1.82) is 0 Å². The molecule has 2 aromatic heterocycles. The van der Waals surface area contributed by atoms with Crippen molar-refractivity contribution >= 4 is 27.6 Å². The van der Waals surface area contributed by atoms with Crippen molar-refractivity contribution in [1.82, 2.24) is 14.5 Å². The van der Waals surface area contributed by atoms with Crippen LogP contribution in [0, 0.1) is 0 Å². The molecule has 20 heavy (non-hydrogen) atoms. The number of hydrogen-bond acceptors (Lipinski definition) is 7. The highest BCUT2D eigenvalue weighted by Gasteiger charge is 2.36. The number of nitrogen functional groups attached to an aromatic ring is 1. The Morgan fingerprint density at radius 1 is 1.65 bits per heavy atom. The molecular weight excluding hydrogens is 280 g/mol. The van der Waals surface area contributed by atoms with Gasteiger partial charge in [0.05, 0.1) is 17.0 Å². The monoisotopic (exact) mass is 296 g/mol. The number of aliphatic hydroxyl groups excluding tert-OH is 1. The third-order valence-corrected chi connectivity index (χ3v) is 4.29. The van der Waals surface area contributed by atoms with Gasteiger partial charge in [-0.05, 0) is 6.42 Å². The number of ether oxygens (including phenoxy) is 1. The molecule has 1 aliphatic rings. The summed E-state index contributed by atoms with van der Waals surface area (Å²) in [6.45, 7) is 2.06. The van der Waals surface area contributed by atoms with E-state index < -0.39 is 12.3 Å². The van der Waals surface area contributed by atoms with E-state index in [1.807, 2.05) is 0 Å². The Morgan fingerprint density at radius 2 is 2.45 bits per heavy atom. The highest BCUT2D eigenvalue weighted by molar-refractivity contribution is 7.16. The van der Waals surface area contributed by atoms with Gasteiger partial charge in [-0.15, -0.1) is 0 Å². The Hall–Kier alpha value is -1.51. The number of anilines is 1. The van der Waals surface area contributed by atoms with Crippen LogP contribution in [0.25, 0.3) is 10.3 Å². The average molecular weight is 296 g/mol. The van der Waals surface area contributed by atoms with E-state index in [0.717, 1.165) is 24.2 Å². The van der Waals surface area contributed by atoms with Gasteiger partial charge in [0.25, 0.3) is 0 Å². The number of nitrogens with zero attached hydrogens (tertiary/aromatic N) is 3. The van der Waals surface area contributed by atoms with Crippen molar-refractivity contribution < 1.29 is 9.84 Å². The van der Waals surface area contributed by atoms with Crippen LogP contribution in [0.1, 0.15) is 32.4 Å². The van der Waals surface area contributed by atoms with E-state index in [0.29, 0.717) is 16.8 Å². The number of thiazole rings is 1. The molecule has 0 aliphatic carbocycles. The minimum Gasteiger partial charge on any atom is -0.388 e. The van der Waals surface area contributed by atoms with Gasteiger partial charge in [0.2, 0.25) is 5.95 Å². The molecule has 3 N–H and O–H groups in total. The molecule has 0 saturated carbocycles. The number of rotatable bonds is 3. The van der Waals surface area contributed by atoms with Gasteiger partial charge in [0, 0.05) is 6.42 Å². The Balaban J connectivity index is 2.04. The van der Waals surface area contributed by atoms with Crippen LogP contribution in [0.15, 0.2) is 11.0 Å². The summed E-state index contributed by atoms with van der Waals surface area (Å²) < 4.78 is 7.83. The van der Waals surface area contributed by atoms with Crippen molar-refractivity contribution in [3.8, 4) is 0 Å².